The van der Waals surface area contributed by atoms with E-state index in [0.717, 1.165) is 43.7 Å². The molecule has 0 saturated carbocycles. The highest BCUT2D eigenvalue weighted by atomic mass is 16.5. The molecule has 0 aromatic heterocycles. The van der Waals surface area contributed by atoms with Crippen molar-refractivity contribution in [2.24, 2.45) is 0 Å². The second-order valence-corrected chi connectivity index (χ2v) is 4.32. The van der Waals surface area contributed by atoms with E-state index in [9.17, 15) is 4.79 Å². The van der Waals surface area contributed by atoms with E-state index in [2.05, 4.69) is 5.32 Å². The Morgan fingerprint density at radius 3 is 2.61 bits per heavy atom. The predicted molar refractivity (Wildman–Crippen MR) is 73.3 cm³/mol. The third-order valence-electron chi connectivity index (χ3n) is 2.69. The highest BCUT2D eigenvalue weighted by Crippen LogP contribution is 2.05. The van der Waals surface area contributed by atoms with Gasteiger partial charge in [0.2, 0.25) is 5.91 Å². The van der Waals surface area contributed by atoms with Crippen LogP contribution in [0.25, 0.3) is 0 Å². The van der Waals surface area contributed by atoms with Gasteiger partial charge in [0, 0.05) is 25.9 Å². The van der Waals surface area contributed by atoms with Crippen molar-refractivity contribution in [3.05, 3.63) is 29.8 Å². The van der Waals surface area contributed by atoms with Gasteiger partial charge in [-0.05, 0) is 37.0 Å². The highest BCUT2D eigenvalue weighted by molar-refractivity contribution is 5.78. The zero-order valence-corrected chi connectivity index (χ0v) is 10.9. The lowest BCUT2D eigenvalue weighted by Crippen LogP contribution is -2.26. The number of methoxy groups -OCH3 is 1. The second kappa shape index (κ2) is 8.53. The maximum Gasteiger partial charge on any atom is 0.224 e. The Labute approximate surface area is 109 Å². The molecule has 0 unspecified atom stereocenters. The van der Waals surface area contributed by atoms with Crippen LogP contribution in [0, 0.1) is 0 Å². The fourth-order valence-corrected chi connectivity index (χ4v) is 1.66. The van der Waals surface area contributed by atoms with Gasteiger partial charge in [-0.25, -0.2) is 0 Å². The summed E-state index contributed by atoms with van der Waals surface area (Å²) >= 11 is 0. The molecular weight excluding hydrogens is 228 g/mol. The SMILES string of the molecule is COCCCCCNC(=O)Cc1ccc(N)cc1. The van der Waals surface area contributed by atoms with Crippen LogP contribution in [-0.4, -0.2) is 26.2 Å². The summed E-state index contributed by atoms with van der Waals surface area (Å²) in [6, 6.07) is 7.39. The number of rotatable bonds is 8. The van der Waals surface area contributed by atoms with Crippen LogP contribution >= 0.6 is 0 Å². The van der Waals surface area contributed by atoms with E-state index in [1.165, 1.54) is 0 Å². The molecule has 1 amide bonds. The number of anilines is 1. The molecule has 0 saturated heterocycles. The molecule has 0 aliphatic heterocycles. The number of carbonyl (C=O) groups is 1. The van der Waals surface area contributed by atoms with Crippen molar-refractivity contribution in [2.45, 2.75) is 25.7 Å². The van der Waals surface area contributed by atoms with Gasteiger partial charge >= 0.3 is 0 Å². The zero-order chi connectivity index (χ0) is 13.2. The molecule has 0 aliphatic carbocycles. The molecular formula is C14H22N2O2. The first-order valence-electron chi connectivity index (χ1n) is 6.32. The summed E-state index contributed by atoms with van der Waals surface area (Å²) < 4.78 is 4.96. The van der Waals surface area contributed by atoms with Gasteiger partial charge in [-0.1, -0.05) is 12.1 Å². The van der Waals surface area contributed by atoms with E-state index in [-0.39, 0.29) is 5.91 Å². The van der Waals surface area contributed by atoms with Crippen molar-refractivity contribution in [1.29, 1.82) is 0 Å². The molecule has 18 heavy (non-hydrogen) atoms. The Hall–Kier alpha value is -1.55. The lowest BCUT2D eigenvalue weighted by atomic mass is 10.1. The molecule has 0 atom stereocenters. The fraction of sp³-hybridized carbons (Fsp3) is 0.500. The van der Waals surface area contributed by atoms with Gasteiger partial charge in [0.15, 0.2) is 0 Å². The molecule has 0 bridgehead atoms. The summed E-state index contributed by atoms with van der Waals surface area (Å²) in [6.45, 7) is 1.52. The summed E-state index contributed by atoms with van der Waals surface area (Å²) in [5, 5.41) is 2.91. The number of benzene rings is 1. The van der Waals surface area contributed by atoms with Crippen LogP contribution in [-0.2, 0) is 16.0 Å². The number of nitrogens with one attached hydrogen (secondary N) is 1. The Morgan fingerprint density at radius 2 is 1.94 bits per heavy atom. The van der Waals surface area contributed by atoms with E-state index in [4.69, 9.17) is 10.5 Å². The van der Waals surface area contributed by atoms with E-state index in [0.29, 0.717) is 6.42 Å². The molecule has 100 valence electrons. The summed E-state index contributed by atoms with van der Waals surface area (Å²) in [4.78, 5) is 11.6. The third kappa shape index (κ3) is 6.25. The van der Waals surface area contributed by atoms with Crippen LogP contribution in [0.15, 0.2) is 24.3 Å². The quantitative estimate of drug-likeness (QED) is 0.545. The van der Waals surface area contributed by atoms with Gasteiger partial charge in [0.05, 0.1) is 6.42 Å². The number of unbranched alkanes of at least 4 members (excludes halogenated alkanes) is 2. The summed E-state index contributed by atoms with van der Waals surface area (Å²) in [6.07, 6.45) is 3.54. The van der Waals surface area contributed by atoms with Crippen molar-refractivity contribution >= 4 is 11.6 Å². The Balaban J connectivity index is 2.12. The summed E-state index contributed by atoms with van der Waals surface area (Å²) in [5.41, 5.74) is 7.29. The molecule has 0 fully saturated rings. The first kappa shape index (κ1) is 14.5. The molecule has 4 heteroatoms. The minimum absolute atomic E-state index is 0.0616. The van der Waals surface area contributed by atoms with Gasteiger partial charge in [-0.15, -0.1) is 0 Å². The summed E-state index contributed by atoms with van der Waals surface area (Å²) in [5.74, 6) is 0.0616. The Kier molecular flexibility index (Phi) is 6.87. The first-order chi connectivity index (χ1) is 8.72. The molecule has 0 radical (unpaired) electrons. The van der Waals surface area contributed by atoms with E-state index >= 15 is 0 Å². The standard InChI is InChI=1S/C14H22N2O2/c1-18-10-4-2-3-9-16-14(17)11-12-5-7-13(15)8-6-12/h5-8H,2-4,9-11,15H2,1H3,(H,16,17). The molecule has 1 rings (SSSR count). The maximum absolute atomic E-state index is 11.6. The minimum atomic E-state index is 0.0616. The molecule has 0 heterocycles. The number of amides is 1. The smallest absolute Gasteiger partial charge is 0.224 e. The highest BCUT2D eigenvalue weighted by Gasteiger charge is 2.02. The topological polar surface area (TPSA) is 64.3 Å². The summed E-state index contributed by atoms with van der Waals surface area (Å²) in [7, 11) is 1.70. The number of nitrogens with two attached hydrogens (primary N) is 1. The lowest BCUT2D eigenvalue weighted by Gasteiger charge is -2.05. The van der Waals surface area contributed by atoms with Crippen LogP contribution in [0.5, 0.6) is 0 Å². The Morgan fingerprint density at radius 1 is 1.22 bits per heavy atom. The van der Waals surface area contributed by atoms with Crippen molar-refractivity contribution in [3.63, 3.8) is 0 Å². The number of carbonyl (C=O) groups excluding carboxylic acids is 1. The van der Waals surface area contributed by atoms with Crippen molar-refractivity contribution in [3.8, 4) is 0 Å². The zero-order valence-electron chi connectivity index (χ0n) is 10.9. The second-order valence-electron chi connectivity index (χ2n) is 4.32. The fourth-order valence-electron chi connectivity index (χ4n) is 1.66. The number of hydrogen-bond acceptors (Lipinski definition) is 3. The number of hydrogen-bond donors (Lipinski definition) is 2. The van der Waals surface area contributed by atoms with E-state index < -0.39 is 0 Å². The number of nitrogen functional groups attached to an aromatic ring is 1. The molecule has 3 N–H and O–H groups in total. The van der Waals surface area contributed by atoms with Gasteiger partial charge in [0.25, 0.3) is 0 Å². The van der Waals surface area contributed by atoms with E-state index in [1.807, 2.05) is 24.3 Å². The predicted octanol–water partition coefficient (Wildman–Crippen LogP) is 1.74. The normalized spacial score (nSPS) is 10.3. The Bertz CT molecular complexity index is 349. The average molecular weight is 250 g/mol. The number of ether oxygens (including phenoxy) is 1. The molecule has 1 aromatic carbocycles. The van der Waals surface area contributed by atoms with Crippen molar-refractivity contribution < 1.29 is 9.53 Å². The van der Waals surface area contributed by atoms with Crippen LogP contribution < -0.4 is 11.1 Å². The lowest BCUT2D eigenvalue weighted by molar-refractivity contribution is -0.120. The molecule has 4 nitrogen and oxygen atoms in total. The van der Waals surface area contributed by atoms with Crippen molar-refractivity contribution in [2.75, 3.05) is 26.0 Å². The van der Waals surface area contributed by atoms with Crippen LogP contribution in [0.2, 0.25) is 0 Å². The van der Waals surface area contributed by atoms with Crippen molar-refractivity contribution in [1.82, 2.24) is 5.32 Å². The van der Waals surface area contributed by atoms with Crippen LogP contribution in [0.4, 0.5) is 5.69 Å². The monoisotopic (exact) mass is 250 g/mol. The van der Waals surface area contributed by atoms with Crippen LogP contribution in [0.3, 0.4) is 0 Å². The molecule has 0 aliphatic rings. The van der Waals surface area contributed by atoms with Crippen LogP contribution in [0.1, 0.15) is 24.8 Å². The van der Waals surface area contributed by atoms with E-state index in [1.54, 1.807) is 7.11 Å². The third-order valence-corrected chi connectivity index (χ3v) is 2.69. The first-order valence-corrected chi connectivity index (χ1v) is 6.32. The average Bonchev–Trinajstić information content (AvgIpc) is 2.36. The van der Waals surface area contributed by atoms with Gasteiger partial charge in [0.1, 0.15) is 0 Å². The minimum Gasteiger partial charge on any atom is -0.399 e. The molecule has 0 spiro atoms. The molecule has 1 aromatic rings. The van der Waals surface area contributed by atoms with Gasteiger partial charge < -0.3 is 15.8 Å². The van der Waals surface area contributed by atoms with Gasteiger partial charge in [-0.2, -0.15) is 0 Å². The van der Waals surface area contributed by atoms with Gasteiger partial charge in [-0.3, -0.25) is 4.79 Å². The largest absolute Gasteiger partial charge is 0.399 e. The maximum atomic E-state index is 11.6.